The maximum Gasteiger partial charge on any atom is 0.246 e. The van der Waals surface area contributed by atoms with E-state index in [1.807, 2.05) is 36.1 Å². The molecule has 0 atom stereocenters. The zero-order valence-corrected chi connectivity index (χ0v) is 15.9. The average Bonchev–Trinajstić information content (AvgIpc) is 2.67. The molecule has 0 aromatic heterocycles. The van der Waals surface area contributed by atoms with Crippen LogP contribution in [0.25, 0.3) is 6.08 Å². The van der Waals surface area contributed by atoms with Gasteiger partial charge in [0, 0.05) is 44.4 Å². The number of likely N-dealkylation sites (tertiary alicyclic amines) is 1. The van der Waals surface area contributed by atoms with Gasteiger partial charge in [-0.25, -0.2) is 0 Å². The maximum absolute atomic E-state index is 12.5. The Bertz CT molecular complexity index is 630. The molecule has 2 heterocycles. The van der Waals surface area contributed by atoms with E-state index in [2.05, 4.69) is 4.90 Å². The molecule has 1 aromatic carbocycles. The van der Waals surface area contributed by atoms with Gasteiger partial charge in [-0.15, -0.1) is 0 Å². The van der Waals surface area contributed by atoms with Crippen LogP contribution in [-0.2, 0) is 9.53 Å². The van der Waals surface area contributed by atoms with Crippen LogP contribution >= 0.6 is 0 Å². The van der Waals surface area contributed by atoms with Crippen LogP contribution in [-0.4, -0.2) is 68.8 Å². The van der Waals surface area contributed by atoms with Gasteiger partial charge in [0.25, 0.3) is 0 Å². The van der Waals surface area contributed by atoms with Crippen molar-refractivity contribution < 1.29 is 14.3 Å². The highest BCUT2D eigenvalue weighted by Crippen LogP contribution is 2.22. The lowest BCUT2D eigenvalue weighted by atomic mass is 9.96. The summed E-state index contributed by atoms with van der Waals surface area (Å²) in [5.41, 5.74) is 2.10. The number of hydrogen-bond donors (Lipinski definition) is 0. The van der Waals surface area contributed by atoms with Crippen molar-refractivity contribution in [3.63, 3.8) is 0 Å². The third kappa shape index (κ3) is 5.08. The Kier molecular flexibility index (Phi) is 6.69. The molecule has 0 bridgehead atoms. The van der Waals surface area contributed by atoms with Crippen molar-refractivity contribution in [1.82, 2.24) is 9.80 Å². The van der Waals surface area contributed by atoms with Crippen LogP contribution < -0.4 is 4.74 Å². The number of morpholine rings is 1. The van der Waals surface area contributed by atoms with Gasteiger partial charge < -0.3 is 14.4 Å². The van der Waals surface area contributed by atoms with Crippen molar-refractivity contribution in [1.29, 1.82) is 0 Å². The highest BCUT2D eigenvalue weighted by atomic mass is 16.5. The van der Waals surface area contributed by atoms with Crippen LogP contribution in [0.5, 0.6) is 5.75 Å². The van der Waals surface area contributed by atoms with Crippen molar-refractivity contribution in [3.05, 3.63) is 35.4 Å². The Balaban J connectivity index is 1.49. The first-order valence-corrected chi connectivity index (χ1v) is 9.57. The van der Waals surface area contributed by atoms with Gasteiger partial charge >= 0.3 is 0 Å². The fourth-order valence-electron chi connectivity index (χ4n) is 3.74. The number of nitrogens with zero attached hydrogens (tertiary/aromatic N) is 2. The summed E-state index contributed by atoms with van der Waals surface area (Å²) in [6.45, 7) is 8.67. The third-order valence-electron chi connectivity index (χ3n) is 5.34. The molecule has 0 radical (unpaired) electrons. The zero-order chi connectivity index (χ0) is 18.4. The summed E-state index contributed by atoms with van der Waals surface area (Å²) >= 11 is 0. The molecule has 2 aliphatic heterocycles. The number of hydrogen-bond acceptors (Lipinski definition) is 4. The van der Waals surface area contributed by atoms with E-state index in [4.69, 9.17) is 9.47 Å². The number of rotatable bonds is 5. The maximum atomic E-state index is 12.5. The Morgan fingerprint density at radius 2 is 1.96 bits per heavy atom. The van der Waals surface area contributed by atoms with E-state index in [-0.39, 0.29) is 5.91 Å². The van der Waals surface area contributed by atoms with Crippen LogP contribution in [0.4, 0.5) is 0 Å². The molecule has 5 nitrogen and oxygen atoms in total. The summed E-state index contributed by atoms with van der Waals surface area (Å²) in [7, 11) is 1.66. The van der Waals surface area contributed by atoms with Crippen LogP contribution in [0, 0.1) is 12.8 Å². The summed E-state index contributed by atoms with van der Waals surface area (Å²) < 4.78 is 10.8. The van der Waals surface area contributed by atoms with Gasteiger partial charge in [0.1, 0.15) is 5.75 Å². The molecule has 3 rings (SSSR count). The summed E-state index contributed by atoms with van der Waals surface area (Å²) in [6.07, 6.45) is 5.73. The minimum absolute atomic E-state index is 0.0957. The summed E-state index contributed by atoms with van der Waals surface area (Å²) in [6, 6.07) is 5.99. The largest absolute Gasteiger partial charge is 0.496 e. The van der Waals surface area contributed by atoms with E-state index in [9.17, 15) is 4.79 Å². The number of aryl methyl sites for hydroxylation is 1. The van der Waals surface area contributed by atoms with E-state index in [1.165, 1.54) is 0 Å². The molecule has 26 heavy (non-hydrogen) atoms. The molecule has 0 spiro atoms. The first-order valence-electron chi connectivity index (χ1n) is 9.57. The molecule has 0 saturated carbocycles. The number of benzene rings is 1. The highest BCUT2D eigenvalue weighted by Gasteiger charge is 2.24. The van der Waals surface area contributed by atoms with Crippen molar-refractivity contribution in [2.45, 2.75) is 19.8 Å². The molecule has 5 heteroatoms. The van der Waals surface area contributed by atoms with E-state index in [0.29, 0.717) is 5.92 Å². The summed E-state index contributed by atoms with van der Waals surface area (Å²) in [4.78, 5) is 17.0. The van der Waals surface area contributed by atoms with Crippen molar-refractivity contribution in [2.24, 2.45) is 5.92 Å². The lowest BCUT2D eigenvalue weighted by Gasteiger charge is -2.35. The zero-order valence-electron chi connectivity index (χ0n) is 15.9. The fourth-order valence-corrected chi connectivity index (χ4v) is 3.74. The highest BCUT2D eigenvalue weighted by molar-refractivity contribution is 5.92. The monoisotopic (exact) mass is 358 g/mol. The van der Waals surface area contributed by atoms with Crippen molar-refractivity contribution in [3.8, 4) is 5.75 Å². The Morgan fingerprint density at radius 1 is 1.23 bits per heavy atom. The minimum atomic E-state index is 0.0957. The topological polar surface area (TPSA) is 42.0 Å². The second-order valence-corrected chi connectivity index (χ2v) is 7.26. The van der Waals surface area contributed by atoms with Crippen LogP contribution in [0.15, 0.2) is 24.3 Å². The number of carbonyl (C=O) groups is 1. The normalized spacial score (nSPS) is 19.8. The Morgan fingerprint density at radius 3 is 2.65 bits per heavy atom. The molecular weight excluding hydrogens is 328 g/mol. The summed E-state index contributed by atoms with van der Waals surface area (Å²) in [5.74, 6) is 1.58. The smallest absolute Gasteiger partial charge is 0.246 e. The van der Waals surface area contributed by atoms with E-state index >= 15 is 0 Å². The number of methoxy groups -OCH3 is 1. The second kappa shape index (κ2) is 9.19. The lowest BCUT2D eigenvalue weighted by molar-refractivity contribution is -0.127. The van der Waals surface area contributed by atoms with Gasteiger partial charge in [-0.05, 0) is 43.9 Å². The number of piperidine rings is 1. The standard InChI is InChI=1S/C21H30N2O3/c1-17-3-5-20(25-2)19(15-17)4-6-21(24)23-9-7-18(8-10-23)16-22-11-13-26-14-12-22/h3-6,15,18H,7-14,16H2,1-2H3/b6-4+. The molecule has 142 valence electrons. The molecule has 1 aromatic rings. The molecule has 0 N–H and O–H groups in total. The van der Waals surface area contributed by atoms with E-state index < -0.39 is 0 Å². The lowest BCUT2D eigenvalue weighted by Crippen LogP contribution is -2.43. The molecular formula is C21H30N2O3. The van der Waals surface area contributed by atoms with Gasteiger partial charge in [-0.1, -0.05) is 11.6 Å². The second-order valence-electron chi connectivity index (χ2n) is 7.26. The minimum Gasteiger partial charge on any atom is -0.496 e. The van der Waals surface area contributed by atoms with Crippen molar-refractivity contribution >= 4 is 12.0 Å². The van der Waals surface area contributed by atoms with Crippen LogP contribution in [0.2, 0.25) is 0 Å². The van der Waals surface area contributed by atoms with Gasteiger partial charge in [0.15, 0.2) is 0 Å². The quantitative estimate of drug-likeness (QED) is 0.759. The molecule has 0 unspecified atom stereocenters. The fraction of sp³-hybridized carbons (Fsp3) is 0.571. The first-order chi connectivity index (χ1) is 12.7. The molecule has 2 fully saturated rings. The number of ether oxygens (including phenoxy) is 2. The number of amides is 1. The van der Waals surface area contributed by atoms with Crippen LogP contribution in [0.1, 0.15) is 24.0 Å². The van der Waals surface area contributed by atoms with E-state index in [1.54, 1.807) is 13.2 Å². The molecule has 2 aliphatic rings. The van der Waals surface area contributed by atoms with Gasteiger partial charge in [0.2, 0.25) is 5.91 Å². The van der Waals surface area contributed by atoms with E-state index in [0.717, 1.165) is 75.7 Å². The molecule has 2 saturated heterocycles. The first kappa shape index (κ1) is 18.9. The summed E-state index contributed by atoms with van der Waals surface area (Å²) in [5, 5.41) is 0. The van der Waals surface area contributed by atoms with Crippen LogP contribution in [0.3, 0.4) is 0 Å². The predicted molar refractivity (Wildman–Crippen MR) is 103 cm³/mol. The van der Waals surface area contributed by atoms with Gasteiger partial charge in [0.05, 0.1) is 20.3 Å². The van der Waals surface area contributed by atoms with Crippen molar-refractivity contribution in [2.75, 3.05) is 53.0 Å². The molecule has 0 aliphatic carbocycles. The SMILES string of the molecule is COc1ccc(C)cc1/C=C/C(=O)N1CCC(CN2CCOCC2)CC1. The van der Waals surface area contributed by atoms with Gasteiger partial charge in [-0.2, -0.15) is 0 Å². The third-order valence-corrected chi connectivity index (χ3v) is 5.34. The van der Waals surface area contributed by atoms with Gasteiger partial charge in [-0.3, -0.25) is 9.69 Å². The Labute approximate surface area is 156 Å². The predicted octanol–water partition coefficient (Wildman–Crippen LogP) is 2.59. The number of carbonyl (C=O) groups excluding carboxylic acids is 1. The molecule has 1 amide bonds. The Hall–Kier alpha value is -1.85. The average molecular weight is 358 g/mol.